The van der Waals surface area contributed by atoms with Gasteiger partial charge in [0.1, 0.15) is 0 Å². The number of hydrogen-bond donors (Lipinski definition) is 2. The van der Waals surface area contributed by atoms with Gasteiger partial charge in [-0.25, -0.2) is 0 Å². The van der Waals surface area contributed by atoms with Gasteiger partial charge in [0, 0.05) is 20.2 Å². The van der Waals surface area contributed by atoms with Crippen LogP contribution in [0.3, 0.4) is 0 Å². The maximum absolute atomic E-state index is 5.58. The summed E-state index contributed by atoms with van der Waals surface area (Å²) < 4.78 is 5.58. The molecule has 2 N–H and O–H groups in total. The lowest BCUT2D eigenvalue weighted by Gasteiger charge is -2.30. The Hall–Kier alpha value is -0.0800. The number of nitrogens with zero attached hydrogens (tertiary/aromatic N) is 2. The molecule has 0 aromatic heterocycles. The maximum atomic E-state index is 5.58. The summed E-state index contributed by atoms with van der Waals surface area (Å²) >= 11 is 0. The van der Waals surface area contributed by atoms with E-state index < -0.39 is 0 Å². The number of rotatable bonds is 6. The predicted molar refractivity (Wildman–Crippen MR) is 110 cm³/mol. The van der Waals surface area contributed by atoms with E-state index in [0.717, 1.165) is 25.0 Å². The number of methoxy groups -OCH3 is 1. The van der Waals surface area contributed by atoms with Crippen molar-refractivity contribution in [1.29, 1.82) is 0 Å². The molecule has 1 heterocycles. The van der Waals surface area contributed by atoms with Crippen LogP contribution >= 0.6 is 24.0 Å². The topological polar surface area (TPSA) is 48.9 Å². The van der Waals surface area contributed by atoms with Gasteiger partial charge in [0.15, 0.2) is 5.96 Å². The van der Waals surface area contributed by atoms with E-state index >= 15 is 0 Å². The van der Waals surface area contributed by atoms with Gasteiger partial charge in [-0.2, -0.15) is 0 Å². The van der Waals surface area contributed by atoms with Crippen LogP contribution in [-0.4, -0.2) is 63.8 Å². The molecular weight excluding hydrogens is 403 g/mol. The number of guanidine groups is 1. The number of nitrogens with one attached hydrogen (secondary N) is 2. The summed E-state index contributed by atoms with van der Waals surface area (Å²) in [4.78, 5) is 7.11. The smallest absolute Gasteiger partial charge is 0.191 e. The minimum atomic E-state index is 0. The van der Waals surface area contributed by atoms with Crippen LogP contribution in [0.15, 0.2) is 4.99 Å². The minimum absolute atomic E-state index is 0. The number of piperidine rings is 1. The number of halogens is 1. The standard InChI is InChI=1S/C17H36N4O.HI/c1-7-18-16(20-13-15(22-6)17(2,3)4)19-12-14-8-10-21(5)11-9-14;/h14-15H,7-13H2,1-6H3,(H2,18,19,20);1H. The van der Waals surface area contributed by atoms with Gasteiger partial charge in [-0.1, -0.05) is 20.8 Å². The van der Waals surface area contributed by atoms with E-state index in [1.807, 2.05) is 0 Å². The van der Waals surface area contributed by atoms with Crippen LogP contribution in [0.5, 0.6) is 0 Å². The molecule has 0 bridgehead atoms. The zero-order chi connectivity index (χ0) is 16.6. The van der Waals surface area contributed by atoms with E-state index in [9.17, 15) is 0 Å². The Morgan fingerprint density at radius 2 is 1.87 bits per heavy atom. The number of ether oxygens (including phenoxy) is 1. The van der Waals surface area contributed by atoms with Gasteiger partial charge in [0.2, 0.25) is 0 Å². The summed E-state index contributed by atoms with van der Waals surface area (Å²) in [5.74, 6) is 1.66. The van der Waals surface area contributed by atoms with Crippen molar-refractivity contribution in [2.75, 3.05) is 46.9 Å². The molecule has 0 aromatic rings. The first-order valence-corrected chi connectivity index (χ1v) is 8.60. The second kappa shape index (κ2) is 11.5. The maximum Gasteiger partial charge on any atom is 0.191 e. The first-order valence-electron chi connectivity index (χ1n) is 8.60. The summed E-state index contributed by atoms with van der Waals surface area (Å²) in [5.41, 5.74) is 0.101. The molecule has 0 spiro atoms. The Morgan fingerprint density at radius 1 is 1.26 bits per heavy atom. The lowest BCUT2D eigenvalue weighted by atomic mass is 9.89. The molecule has 5 nitrogen and oxygen atoms in total. The second-order valence-electron chi connectivity index (χ2n) is 7.44. The molecule has 1 atom stereocenters. The molecule has 138 valence electrons. The van der Waals surface area contributed by atoms with Crippen molar-refractivity contribution in [2.45, 2.75) is 46.6 Å². The van der Waals surface area contributed by atoms with Crippen molar-refractivity contribution < 1.29 is 4.74 Å². The van der Waals surface area contributed by atoms with Gasteiger partial charge in [0.25, 0.3) is 0 Å². The predicted octanol–water partition coefficient (Wildman–Crippen LogP) is 2.56. The van der Waals surface area contributed by atoms with Crippen LogP contribution in [0.2, 0.25) is 0 Å². The van der Waals surface area contributed by atoms with E-state index in [1.54, 1.807) is 7.11 Å². The van der Waals surface area contributed by atoms with Crippen LogP contribution in [-0.2, 0) is 4.74 Å². The third kappa shape index (κ3) is 9.10. The zero-order valence-corrected chi connectivity index (χ0v) is 18.1. The van der Waals surface area contributed by atoms with Crippen LogP contribution in [0.25, 0.3) is 0 Å². The second-order valence-corrected chi connectivity index (χ2v) is 7.44. The highest BCUT2D eigenvalue weighted by atomic mass is 127. The average Bonchev–Trinajstić information content (AvgIpc) is 2.45. The van der Waals surface area contributed by atoms with Gasteiger partial charge in [-0.05, 0) is 51.2 Å². The summed E-state index contributed by atoms with van der Waals surface area (Å²) in [6.07, 6.45) is 2.67. The molecule has 1 aliphatic rings. The van der Waals surface area contributed by atoms with Crippen molar-refractivity contribution in [3.05, 3.63) is 0 Å². The molecule has 1 aliphatic heterocycles. The van der Waals surface area contributed by atoms with Crippen LogP contribution < -0.4 is 10.6 Å². The Bertz CT molecular complexity index is 336. The van der Waals surface area contributed by atoms with Gasteiger partial charge in [-0.3, -0.25) is 4.99 Å². The Kier molecular flexibility index (Phi) is 11.4. The highest BCUT2D eigenvalue weighted by Gasteiger charge is 2.24. The fourth-order valence-corrected chi connectivity index (χ4v) is 2.73. The highest BCUT2D eigenvalue weighted by molar-refractivity contribution is 14.0. The van der Waals surface area contributed by atoms with Crippen molar-refractivity contribution >= 4 is 29.9 Å². The molecule has 1 fully saturated rings. The van der Waals surface area contributed by atoms with Crippen molar-refractivity contribution in [2.24, 2.45) is 16.3 Å². The molecule has 0 aromatic carbocycles. The number of hydrogen-bond acceptors (Lipinski definition) is 3. The quantitative estimate of drug-likeness (QED) is 0.379. The highest BCUT2D eigenvalue weighted by Crippen LogP contribution is 2.21. The van der Waals surface area contributed by atoms with E-state index in [1.165, 1.54) is 25.9 Å². The number of likely N-dealkylation sites (tertiary alicyclic amines) is 1. The fraction of sp³-hybridized carbons (Fsp3) is 0.941. The van der Waals surface area contributed by atoms with E-state index in [0.29, 0.717) is 6.54 Å². The molecule has 0 radical (unpaired) electrons. The lowest BCUT2D eigenvalue weighted by molar-refractivity contribution is 0.0241. The molecule has 0 amide bonds. The monoisotopic (exact) mass is 440 g/mol. The van der Waals surface area contributed by atoms with E-state index in [-0.39, 0.29) is 35.5 Å². The third-order valence-electron chi connectivity index (χ3n) is 4.41. The van der Waals surface area contributed by atoms with E-state index in [2.05, 4.69) is 50.3 Å². The fourth-order valence-electron chi connectivity index (χ4n) is 2.73. The Morgan fingerprint density at radius 3 is 2.35 bits per heavy atom. The zero-order valence-electron chi connectivity index (χ0n) is 15.8. The summed E-state index contributed by atoms with van der Waals surface area (Å²) in [7, 11) is 3.97. The molecular formula is C17H37IN4O. The van der Waals surface area contributed by atoms with Crippen molar-refractivity contribution in [3.63, 3.8) is 0 Å². The Balaban J connectivity index is 0.00000484. The molecule has 1 rings (SSSR count). The molecule has 1 saturated heterocycles. The van der Waals surface area contributed by atoms with Crippen LogP contribution in [0.1, 0.15) is 40.5 Å². The molecule has 23 heavy (non-hydrogen) atoms. The van der Waals surface area contributed by atoms with E-state index in [4.69, 9.17) is 9.73 Å². The molecule has 1 unspecified atom stereocenters. The van der Waals surface area contributed by atoms with Crippen molar-refractivity contribution in [3.8, 4) is 0 Å². The normalized spacial score (nSPS) is 19.1. The van der Waals surface area contributed by atoms with Gasteiger partial charge < -0.3 is 20.3 Å². The average molecular weight is 440 g/mol. The first-order chi connectivity index (χ1) is 10.4. The SMILES string of the molecule is CCNC(=NCC(OC)C(C)(C)C)NCC1CCN(C)CC1.I. The van der Waals surface area contributed by atoms with Crippen LogP contribution in [0, 0.1) is 11.3 Å². The lowest BCUT2D eigenvalue weighted by Crippen LogP contribution is -2.43. The third-order valence-corrected chi connectivity index (χ3v) is 4.41. The first kappa shape index (κ1) is 22.9. The van der Waals surface area contributed by atoms with Gasteiger partial charge in [0.05, 0.1) is 12.6 Å². The van der Waals surface area contributed by atoms with Gasteiger partial charge in [-0.15, -0.1) is 24.0 Å². The van der Waals surface area contributed by atoms with Crippen LogP contribution in [0.4, 0.5) is 0 Å². The van der Waals surface area contributed by atoms with Gasteiger partial charge >= 0.3 is 0 Å². The molecule has 0 aliphatic carbocycles. The minimum Gasteiger partial charge on any atom is -0.379 e. The summed E-state index contributed by atoms with van der Waals surface area (Å²) in [6.45, 7) is 13.7. The summed E-state index contributed by atoms with van der Waals surface area (Å²) in [5, 5.41) is 6.84. The molecule has 0 saturated carbocycles. The number of aliphatic imine (C=N–C) groups is 1. The Labute approximate surface area is 160 Å². The van der Waals surface area contributed by atoms with Crippen molar-refractivity contribution in [1.82, 2.24) is 15.5 Å². The largest absolute Gasteiger partial charge is 0.379 e. The summed E-state index contributed by atoms with van der Waals surface area (Å²) in [6, 6.07) is 0. The molecule has 6 heteroatoms.